The number of carbonyl (C=O) groups excluding carboxylic acids is 1. The minimum absolute atomic E-state index is 0.0665. The molecule has 1 aromatic rings. The Morgan fingerprint density at radius 1 is 1.13 bits per heavy atom. The summed E-state index contributed by atoms with van der Waals surface area (Å²) >= 11 is 0. The van der Waals surface area contributed by atoms with E-state index in [0.717, 1.165) is 24.9 Å². The number of carboxylic acid groups (broad SMARTS) is 1. The Balaban J connectivity index is 1.61. The van der Waals surface area contributed by atoms with Gasteiger partial charge in [-0.05, 0) is 36.8 Å². The zero-order valence-electron chi connectivity index (χ0n) is 13.5. The maximum atomic E-state index is 11.3. The van der Waals surface area contributed by atoms with Gasteiger partial charge < -0.3 is 10.4 Å². The van der Waals surface area contributed by atoms with E-state index in [1.807, 2.05) is 24.3 Å². The SMILES string of the molecule is CC(=O)NC1C[C@H]2CC[C@@H](C1)N2Cc1ccc(CC(=O)O)cc1. The predicted molar refractivity (Wildman–Crippen MR) is 87.0 cm³/mol. The first-order valence-corrected chi connectivity index (χ1v) is 8.33. The van der Waals surface area contributed by atoms with Crippen molar-refractivity contribution in [3.8, 4) is 0 Å². The Morgan fingerprint density at radius 2 is 1.70 bits per heavy atom. The van der Waals surface area contributed by atoms with Crippen LogP contribution in [-0.2, 0) is 22.6 Å². The molecule has 0 aromatic heterocycles. The Bertz CT molecular complexity index is 570. The van der Waals surface area contributed by atoms with Gasteiger partial charge in [0.1, 0.15) is 0 Å². The second-order valence-corrected chi connectivity index (χ2v) is 6.81. The monoisotopic (exact) mass is 316 g/mol. The lowest BCUT2D eigenvalue weighted by Crippen LogP contribution is -2.49. The van der Waals surface area contributed by atoms with Gasteiger partial charge in [-0.15, -0.1) is 0 Å². The fraction of sp³-hybridized carbons (Fsp3) is 0.556. The summed E-state index contributed by atoms with van der Waals surface area (Å²) in [6.45, 7) is 2.50. The third-order valence-electron chi connectivity index (χ3n) is 5.04. The molecule has 0 radical (unpaired) electrons. The predicted octanol–water partition coefficient (Wildman–Crippen LogP) is 1.95. The second kappa shape index (κ2) is 6.71. The highest BCUT2D eigenvalue weighted by Gasteiger charge is 2.40. The molecule has 2 saturated heterocycles. The molecule has 3 atom stereocenters. The number of benzene rings is 1. The van der Waals surface area contributed by atoms with E-state index in [-0.39, 0.29) is 12.3 Å². The third kappa shape index (κ3) is 3.91. The molecule has 2 aliphatic heterocycles. The summed E-state index contributed by atoms with van der Waals surface area (Å²) in [5.74, 6) is -0.729. The number of piperidine rings is 1. The van der Waals surface area contributed by atoms with Gasteiger partial charge in [-0.1, -0.05) is 24.3 Å². The third-order valence-corrected chi connectivity index (χ3v) is 5.04. The molecule has 0 spiro atoms. The number of fused-ring (bicyclic) bond motifs is 2. The molecule has 2 bridgehead atoms. The lowest BCUT2D eigenvalue weighted by Gasteiger charge is -2.39. The van der Waals surface area contributed by atoms with Crippen LogP contribution < -0.4 is 5.32 Å². The molecule has 23 heavy (non-hydrogen) atoms. The van der Waals surface area contributed by atoms with Crippen molar-refractivity contribution in [2.24, 2.45) is 0 Å². The number of aliphatic carboxylic acids is 1. The van der Waals surface area contributed by atoms with Crippen molar-refractivity contribution in [1.29, 1.82) is 0 Å². The van der Waals surface area contributed by atoms with E-state index < -0.39 is 5.97 Å². The Hall–Kier alpha value is -1.88. The van der Waals surface area contributed by atoms with Gasteiger partial charge in [-0.3, -0.25) is 14.5 Å². The zero-order valence-corrected chi connectivity index (χ0v) is 13.5. The quantitative estimate of drug-likeness (QED) is 0.871. The largest absolute Gasteiger partial charge is 0.481 e. The number of nitrogens with zero attached hydrogens (tertiary/aromatic N) is 1. The average Bonchev–Trinajstić information content (AvgIpc) is 2.70. The van der Waals surface area contributed by atoms with Crippen LogP contribution in [0.2, 0.25) is 0 Å². The summed E-state index contributed by atoms with van der Waals surface area (Å²) in [7, 11) is 0. The highest BCUT2D eigenvalue weighted by Crippen LogP contribution is 2.36. The van der Waals surface area contributed by atoms with E-state index in [4.69, 9.17) is 5.11 Å². The summed E-state index contributed by atoms with van der Waals surface area (Å²) in [5.41, 5.74) is 2.07. The molecule has 2 fully saturated rings. The van der Waals surface area contributed by atoms with E-state index in [2.05, 4.69) is 10.2 Å². The lowest BCUT2D eigenvalue weighted by molar-refractivity contribution is -0.136. The van der Waals surface area contributed by atoms with Gasteiger partial charge in [0, 0.05) is 31.6 Å². The number of amides is 1. The van der Waals surface area contributed by atoms with Crippen LogP contribution >= 0.6 is 0 Å². The molecule has 2 aliphatic rings. The van der Waals surface area contributed by atoms with E-state index >= 15 is 0 Å². The van der Waals surface area contributed by atoms with Gasteiger partial charge in [-0.2, -0.15) is 0 Å². The maximum Gasteiger partial charge on any atom is 0.307 e. The maximum absolute atomic E-state index is 11.3. The number of hydrogen-bond acceptors (Lipinski definition) is 3. The van der Waals surface area contributed by atoms with Gasteiger partial charge in [0.15, 0.2) is 0 Å². The van der Waals surface area contributed by atoms with Gasteiger partial charge in [0.25, 0.3) is 0 Å². The van der Waals surface area contributed by atoms with Crippen LogP contribution in [0.4, 0.5) is 0 Å². The molecule has 2 heterocycles. The molecule has 2 N–H and O–H groups in total. The van der Waals surface area contributed by atoms with E-state index in [9.17, 15) is 9.59 Å². The number of carbonyl (C=O) groups is 2. The van der Waals surface area contributed by atoms with Crippen molar-refractivity contribution in [1.82, 2.24) is 10.2 Å². The molecule has 5 heteroatoms. The summed E-state index contributed by atoms with van der Waals surface area (Å²) in [6.07, 6.45) is 4.56. The number of nitrogens with one attached hydrogen (secondary N) is 1. The lowest BCUT2D eigenvalue weighted by atomic mass is 9.96. The van der Waals surface area contributed by atoms with Crippen LogP contribution in [0.25, 0.3) is 0 Å². The molecule has 1 aromatic carbocycles. The highest BCUT2D eigenvalue weighted by atomic mass is 16.4. The summed E-state index contributed by atoms with van der Waals surface area (Å²) < 4.78 is 0. The van der Waals surface area contributed by atoms with Crippen molar-refractivity contribution in [2.45, 2.75) is 63.7 Å². The topological polar surface area (TPSA) is 69.6 Å². The fourth-order valence-corrected chi connectivity index (χ4v) is 4.09. The van der Waals surface area contributed by atoms with Crippen LogP contribution in [0.1, 0.15) is 43.7 Å². The molecule has 5 nitrogen and oxygen atoms in total. The minimum atomic E-state index is -0.796. The standard InChI is InChI=1S/C18H24N2O3/c1-12(21)19-15-9-16-6-7-17(10-15)20(16)11-14-4-2-13(3-5-14)8-18(22)23/h2-5,15-17H,6-11H2,1H3,(H,19,21)(H,22,23)/t15?,16-,17+. The Kier molecular flexibility index (Phi) is 4.66. The molecule has 0 aliphatic carbocycles. The smallest absolute Gasteiger partial charge is 0.307 e. The van der Waals surface area contributed by atoms with E-state index in [0.29, 0.717) is 18.1 Å². The first-order chi connectivity index (χ1) is 11.0. The first kappa shape index (κ1) is 16.0. The summed E-state index contributed by atoms with van der Waals surface area (Å²) in [5, 5.41) is 11.9. The summed E-state index contributed by atoms with van der Waals surface area (Å²) in [6, 6.07) is 9.31. The Labute approximate surface area is 136 Å². The molecule has 1 unspecified atom stereocenters. The highest BCUT2D eigenvalue weighted by molar-refractivity contribution is 5.73. The summed E-state index contributed by atoms with van der Waals surface area (Å²) in [4.78, 5) is 24.6. The van der Waals surface area contributed by atoms with Crippen molar-refractivity contribution >= 4 is 11.9 Å². The normalized spacial score (nSPS) is 26.9. The number of carboxylic acids is 1. The molecule has 3 rings (SSSR count). The van der Waals surface area contributed by atoms with Crippen molar-refractivity contribution in [3.63, 3.8) is 0 Å². The fourth-order valence-electron chi connectivity index (χ4n) is 4.09. The van der Waals surface area contributed by atoms with Crippen molar-refractivity contribution in [2.75, 3.05) is 0 Å². The second-order valence-electron chi connectivity index (χ2n) is 6.81. The van der Waals surface area contributed by atoms with E-state index in [1.165, 1.54) is 18.4 Å². The average molecular weight is 316 g/mol. The van der Waals surface area contributed by atoms with Crippen LogP contribution in [0.15, 0.2) is 24.3 Å². The molecular formula is C18H24N2O3. The minimum Gasteiger partial charge on any atom is -0.481 e. The van der Waals surface area contributed by atoms with Crippen LogP contribution in [-0.4, -0.2) is 40.0 Å². The van der Waals surface area contributed by atoms with Gasteiger partial charge in [0.05, 0.1) is 6.42 Å². The van der Waals surface area contributed by atoms with Crippen LogP contribution in [0.5, 0.6) is 0 Å². The van der Waals surface area contributed by atoms with Crippen molar-refractivity contribution < 1.29 is 14.7 Å². The van der Waals surface area contributed by atoms with Crippen LogP contribution in [0, 0.1) is 0 Å². The molecule has 1 amide bonds. The zero-order chi connectivity index (χ0) is 16.4. The molecule has 0 saturated carbocycles. The van der Waals surface area contributed by atoms with Crippen LogP contribution in [0.3, 0.4) is 0 Å². The van der Waals surface area contributed by atoms with Gasteiger partial charge in [-0.25, -0.2) is 0 Å². The first-order valence-electron chi connectivity index (χ1n) is 8.33. The van der Waals surface area contributed by atoms with Crippen molar-refractivity contribution in [3.05, 3.63) is 35.4 Å². The molecular weight excluding hydrogens is 292 g/mol. The number of hydrogen-bond donors (Lipinski definition) is 2. The molecule has 124 valence electrons. The van der Waals surface area contributed by atoms with Gasteiger partial charge in [0.2, 0.25) is 5.91 Å². The van der Waals surface area contributed by atoms with Gasteiger partial charge >= 0.3 is 5.97 Å². The Morgan fingerprint density at radius 3 is 2.22 bits per heavy atom. The van der Waals surface area contributed by atoms with E-state index in [1.54, 1.807) is 6.92 Å². The number of rotatable bonds is 5.